The second kappa shape index (κ2) is 8.52. The van der Waals surface area contributed by atoms with Crippen LogP contribution in [0.4, 0.5) is 0 Å². The van der Waals surface area contributed by atoms with Gasteiger partial charge in [0.1, 0.15) is 12.4 Å². The molecular formula is C22H27NO2. The van der Waals surface area contributed by atoms with Crippen molar-refractivity contribution in [2.24, 2.45) is 0 Å². The molecule has 0 aliphatic heterocycles. The number of rotatable bonds is 6. The first kappa shape index (κ1) is 18.8. The van der Waals surface area contributed by atoms with E-state index < -0.39 is 0 Å². The number of carbonyl (C=O) groups is 1. The molecule has 132 valence electrons. The van der Waals surface area contributed by atoms with Crippen molar-refractivity contribution in [2.45, 2.75) is 33.1 Å². The van der Waals surface area contributed by atoms with Crippen LogP contribution in [0.1, 0.15) is 37.5 Å². The number of nitrogens with one attached hydrogen (secondary N) is 1. The van der Waals surface area contributed by atoms with Gasteiger partial charge in [-0.15, -0.1) is 0 Å². The zero-order valence-electron chi connectivity index (χ0n) is 15.5. The first-order valence-corrected chi connectivity index (χ1v) is 8.60. The number of ether oxygens (including phenoxy) is 1. The van der Waals surface area contributed by atoms with Gasteiger partial charge in [-0.2, -0.15) is 0 Å². The van der Waals surface area contributed by atoms with Gasteiger partial charge >= 0.3 is 0 Å². The quantitative estimate of drug-likeness (QED) is 0.622. The highest BCUT2D eigenvalue weighted by Crippen LogP contribution is 2.22. The zero-order chi connectivity index (χ0) is 18.3. The maximum Gasteiger partial charge on any atom is 0.244 e. The lowest BCUT2D eigenvalue weighted by Gasteiger charge is -2.18. The number of hydrogen-bond donors (Lipinski definition) is 1. The molecule has 0 aliphatic carbocycles. The van der Waals surface area contributed by atoms with E-state index in [1.165, 1.54) is 5.56 Å². The molecule has 0 bridgehead atoms. The van der Waals surface area contributed by atoms with Crippen LogP contribution in [0.5, 0.6) is 5.75 Å². The van der Waals surface area contributed by atoms with Crippen LogP contribution in [0.2, 0.25) is 0 Å². The molecular weight excluding hydrogens is 310 g/mol. The van der Waals surface area contributed by atoms with Gasteiger partial charge in [0, 0.05) is 6.08 Å². The van der Waals surface area contributed by atoms with Crippen molar-refractivity contribution in [2.75, 3.05) is 13.2 Å². The third-order valence-corrected chi connectivity index (χ3v) is 3.86. The summed E-state index contributed by atoms with van der Waals surface area (Å²) in [7, 11) is 0. The summed E-state index contributed by atoms with van der Waals surface area (Å²) in [6.45, 7) is 9.50. The minimum atomic E-state index is -0.118. The minimum absolute atomic E-state index is 0.118. The fourth-order valence-corrected chi connectivity index (χ4v) is 2.37. The predicted octanol–water partition coefficient (Wildman–Crippen LogP) is 4.50. The van der Waals surface area contributed by atoms with Crippen LogP contribution in [0, 0.1) is 6.92 Å². The van der Waals surface area contributed by atoms with Crippen LogP contribution in [0.25, 0.3) is 6.08 Å². The number of carbonyl (C=O) groups excluding carboxylic acids is 1. The van der Waals surface area contributed by atoms with Crippen molar-refractivity contribution in [1.29, 1.82) is 0 Å². The van der Waals surface area contributed by atoms with Crippen molar-refractivity contribution >= 4 is 12.0 Å². The van der Waals surface area contributed by atoms with Crippen molar-refractivity contribution in [3.8, 4) is 5.75 Å². The summed E-state index contributed by atoms with van der Waals surface area (Å²) in [4.78, 5) is 11.9. The Labute approximate surface area is 150 Å². The second-order valence-corrected chi connectivity index (χ2v) is 7.16. The number of hydrogen-bond acceptors (Lipinski definition) is 2. The molecule has 0 unspecified atom stereocenters. The molecule has 0 aliphatic rings. The molecule has 2 aromatic rings. The average molecular weight is 337 g/mol. The molecule has 1 amide bonds. The zero-order valence-corrected chi connectivity index (χ0v) is 15.5. The first-order valence-electron chi connectivity index (χ1n) is 8.60. The Morgan fingerprint density at radius 1 is 1.12 bits per heavy atom. The van der Waals surface area contributed by atoms with E-state index in [1.807, 2.05) is 49.4 Å². The normalized spacial score (nSPS) is 11.5. The Morgan fingerprint density at radius 3 is 2.48 bits per heavy atom. The summed E-state index contributed by atoms with van der Waals surface area (Å²) in [5.41, 5.74) is 3.58. The van der Waals surface area contributed by atoms with Crippen LogP contribution in [-0.4, -0.2) is 19.1 Å². The topological polar surface area (TPSA) is 38.3 Å². The van der Waals surface area contributed by atoms with E-state index in [2.05, 4.69) is 38.2 Å². The largest absolute Gasteiger partial charge is 0.492 e. The van der Waals surface area contributed by atoms with Crippen molar-refractivity contribution in [3.05, 3.63) is 71.3 Å². The Bertz CT molecular complexity index is 724. The fourth-order valence-electron chi connectivity index (χ4n) is 2.37. The molecule has 0 aromatic heterocycles. The van der Waals surface area contributed by atoms with Crippen molar-refractivity contribution in [3.63, 3.8) is 0 Å². The van der Waals surface area contributed by atoms with Crippen LogP contribution in [-0.2, 0) is 10.2 Å². The number of amides is 1. The van der Waals surface area contributed by atoms with Crippen molar-refractivity contribution < 1.29 is 9.53 Å². The fraction of sp³-hybridized carbons (Fsp3) is 0.318. The van der Waals surface area contributed by atoms with E-state index in [-0.39, 0.29) is 11.3 Å². The molecule has 0 heterocycles. The lowest BCUT2D eigenvalue weighted by atomic mass is 9.87. The third kappa shape index (κ3) is 6.46. The van der Waals surface area contributed by atoms with Crippen LogP contribution >= 0.6 is 0 Å². The molecule has 0 saturated heterocycles. The van der Waals surface area contributed by atoms with Crippen LogP contribution < -0.4 is 10.1 Å². The van der Waals surface area contributed by atoms with Gasteiger partial charge in [-0.1, -0.05) is 57.2 Å². The molecule has 3 nitrogen and oxygen atoms in total. The lowest BCUT2D eigenvalue weighted by Crippen LogP contribution is -2.26. The summed E-state index contributed by atoms with van der Waals surface area (Å²) in [6.07, 6.45) is 3.38. The van der Waals surface area contributed by atoms with E-state index >= 15 is 0 Å². The third-order valence-electron chi connectivity index (χ3n) is 3.86. The summed E-state index contributed by atoms with van der Waals surface area (Å²) in [5, 5.41) is 2.82. The molecule has 0 spiro atoms. The molecule has 1 N–H and O–H groups in total. The van der Waals surface area contributed by atoms with E-state index in [4.69, 9.17) is 4.74 Å². The number of aryl methyl sites for hydroxylation is 1. The Balaban J connectivity index is 1.75. The van der Waals surface area contributed by atoms with Gasteiger partial charge in [0.25, 0.3) is 0 Å². The molecule has 0 saturated carbocycles. The highest BCUT2D eigenvalue weighted by atomic mass is 16.5. The lowest BCUT2D eigenvalue weighted by molar-refractivity contribution is -0.116. The molecule has 2 rings (SSSR count). The molecule has 25 heavy (non-hydrogen) atoms. The van der Waals surface area contributed by atoms with Gasteiger partial charge < -0.3 is 10.1 Å². The maximum absolute atomic E-state index is 11.9. The molecule has 0 atom stereocenters. The minimum Gasteiger partial charge on any atom is -0.492 e. The Kier molecular flexibility index (Phi) is 6.40. The summed E-state index contributed by atoms with van der Waals surface area (Å²) < 4.78 is 5.61. The smallest absolute Gasteiger partial charge is 0.244 e. The van der Waals surface area contributed by atoms with Gasteiger partial charge in [0.15, 0.2) is 0 Å². The first-order chi connectivity index (χ1) is 11.8. The summed E-state index contributed by atoms with van der Waals surface area (Å²) >= 11 is 0. The van der Waals surface area contributed by atoms with Crippen molar-refractivity contribution in [1.82, 2.24) is 5.32 Å². The van der Waals surface area contributed by atoms with Gasteiger partial charge in [-0.05, 0) is 47.2 Å². The van der Waals surface area contributed by atoms with Gasteiger partial charge in [-0.25, -0.2) is 0 Å². The van der Waals surface area contributed by atoms with Crippen LogP contribution in [0.3, 0.4) is 0 Å². The average Bonchev–Trinajstić information content (AvgIpc) is 2.56. The maximum atomic E-state index is 11.9. The standard InChI is InChI=1S/C22H27NO2/c1-17-6-5-7-20(16-17)25-15-14-23-21(24)13-10-18-8-11-19(12-9-18)22(2,3)4/h5-13,16H,14-15H2,1-4H3,(H,23,24)/b13-10+. The SMILES string of the molecule is Cc1cccc(OCCNC(=O)/C=C/c2ccc(C(C)(C)C)cc2)c1. The van der Waals surface area contributed by atoms with Gasteiger partial charge in [0.2, 0.25) is 5.91 Å². The van der Waals surface area contributed by atoms with E-state index in [0.29, 0.717) is 13.2 Å². The van der Waals surface area contributed by atoms with E-state index in [1.54, 1.807) is 6.08 Å². The number of benzene rings is 2. The summed E-state index contributed by atoms with van der Waals surface area (Å²) in [5.74, 6) is 0.705. The predicted molar refractivity (Wildman–Crippen MR) is 104 cm³/mol. The van der Waals surface area contributed by atoms with Crippen LogP contribution in [0.15, 0.2) is 54.6 Å². The molecule has 0 radical (unpaired) electrons. The molecule has 2 aromatic carbocycles. The summed E-state index contributed by atoms with van der Waals surface area (Å²) in [6, 6.07) is 16.1. The second-order valence-electron chi connectivity index (χ2n) is 7.16. The molecule has 0 fully saturated rings. The Hall–Kier alpha value is -2.55. The van der Waals surface area contributed by atoms with E-state index in [0.717, 1.165) is 16.9 Å². The van der Waals surface area contributed by atoms with Gasteiger partial charge in [-0.3, -0.25) is 4.79 Å². The Morgan fingerprint density at radius 2 is 1.84 bits per heavy atom. The highest BCUT2D eigenvalue weighted by Gasteiger charge is 2.12. The highest BCUT2D eigenvalue weighted by molar-refractivity contribution is 5.91. The van der Waals surface area contributed by atoms with Gasteiger partial charge in [0.05, 0.1) is 6.54 Å². The molecule has 3 heteroatoms. The van der Waals surface area contributed by atoms with E-state index in [9.17, 15) is 4.79 Å². The monoisotopic (exact) mass is 337 g/mol.